The first-order valence-electron chi connectivity index (χ1n) is 4.09. The highest BCUT2D eigenvalue weighted by atomic mass is 16.2. The summed E-state index contributed by atoms with van der Waals surface area (Å²) >= 11 is 0. The van der Waals surface area contributed by atoms with E-state index < -0.39 is 11.6 Å². The Morgan fingerprint density at radius 2 is 2.29 bits per heavy atom. The van der Waals surface area contributed by atoms with Crippen molar-refractivity contribution in [2.24, 2.45) is 5.84 Å². The summed E-state index contributed by atoms with van der Waals surface area (Å²) < 4.78 is 1.26. The molecule has 6 heteroatoms. The second-order valence-corrected chi connectivity index (χ2v) is 2.98. The molecule has 0 spiro atoms. The number of nitrogens with two attached hydrogens (primary N) is 1. The van der Waals surface area contributed by atoms with Crippen LogP contribution in [-0.2, 0) is 11.3 Å². The molecule has 1 amide bonds. The Hall–Kier alpha value is -1.69. The summed E-state index contributed by atoms with van der Waals surface area (Å²) in [5.74, 6) is 4.48. The number of carbonyl (C=O) groups is 1. The van der Waals surface area contributed by atoms with Crippen molar-refractivity contribution in [1.82, 2.24) is 15.0 Å². The van der Waals surface area contributed by atoms with Crippen molar-refractivity contribution in [2.75, 3.05) is 0 Å². The van der Waals surface area contributed by atoms with Crippen LogP contribution in [0.1, 0.15) is 11.4 Å². The second-order valence-electron chi connectivity index (χ2n) is 2.98. The van der Waals surface area contributed by atoms with Crippen molar-refractivity contribution in [3.8, 4) is 0 Å². The van der Waals surface area contributed by atoms with Gasteiger partial charge in [0.1, 0.15) is 6.54 Å². The molecule has 14 heavy (non-hydrogen) atoms. The molecule has 0 unspecified atom stereocenters. The van der Waals surface area contributed by atoms with Gasteiger partial charge in [0.2, 0.25) is 0 Å². The van der Waals surface area contributed by atoms with E-state index in [4.69, 9.17) is 5.84 Å². The SMILES string of the molecule is Cc1cc(C)n(CC(=O)NN)c(=O)n1. The molecule has 0 atom stereocenters. The number of carbonyl (C=O) groups excluding carboxylic acids is 1. The molecule has 0 aliphatic carbocycles. The number of aromatic nitrogens is 2. The van der Waals surface area contributed by atoms with Gasteiger partial charge >= 0.3 is 5.69 Å². The van der Waals surface area contributed by atoms with E-state index in [0.29, 0.717) is 11.4 Å². The second kappa shape index (κ2) is 4.01. The van der Waals surface area contributed by atoms with Gasteiger partial charge in [-0.15, -0.1) is 0 Å². The molecule has 1 heterocycles. The van der Waals surface area contributed by atoms with Crippen LogP contribution in [0.15, 0.2) is 10.9 Å². The maximum Gasteiger partial charge on any atom is 0.348 e. The Kier molecular flexibility index (Phi) is 2.98. The van der Waals surface area contributed by atoms with E-state index in [1.807, 2.05) is 5.43 Å². The number of hydrazine groups is 1. The maximum atomic E-state index is 11.3. The van der Waals surface area contributed by atoms with Crippen LogP contribution in [0.4, 0.5) is 0 Å². The standard InChI is InChI=1S/C8H12N4O2/c1-5-3-6(2)12(8(14)10-5)4-7(13)11-9/h3H,4,9H2,1-2H3,(H,11,13). The van der Waals surface area contributed by atoms with Crippen LogP contribution in [0, 0.1) is 13.8 Å². The third-order valence-electron chi connectivity index (χ3n) is 1.81. The van der Waals surface area contributed by atoms with Gasteiger partial charge < -0.3 is 0 Å². The molecule has 0 saturated carbocycles. The zero-order valence-electron chi connectivity index (χ0n) is 8.07. The molecular formula is C8H12N4O2. The van der Waals surface area contributed by atoms with Gasteiger partial charge in [-0.3, -0.25) is 14.8 Å². The van der Waals surface area contributed by atoms with Crippen molar-refractivity contribution >= 4 is 5.91 Å². The normalized spacial score (nSPS) is 9.93. The highest BCUT2D eigenvalue weighted by molar-refractivity contribution is 5.75. The van der Waals surface area contributed by atoms with Crippen LogP contribution in [0.25, 0.3) is 0 Å². The summed E-state index contributed by atoms with van der Waals surface area (Å²) in [4.78, 5) is 26.0. The third-order valence-corrected chi connectivity index (χ3v) is 1.81. The van der Waals surface area contributed by atoms with Gasteiger partial charge in [0.25, 0.3) is 5.91 Å². The van der Waals surface area contributed by atoms with Crippen molar-refractivity contribution in [2.45, 2.75) is 20.4 Å². The van der Waals surface area contributed by atoms with E-state index in [-0.39, 0.29) is 6.54 Å². The molecular weight excluding hydrogens is 184 g/mol. The third kappa shape index (κ3) is 2.17. The van der Waals surface area contributed by atoms with Gasteiger partial charge in [-0.25, -0.2) is 10.6 Å². The highest BCUT2D eigenvalue weighted by Crippen LogP contribution is 1.95. The van der Waals surface area contributed by atoms with E-state index >= 15 is 0 Å². The van der Waals surface area contributed by atoms with Crippen molar-refractivity contribution in [1.29, 1.82) is 0 Å². The average molecular weight is 196 g/mol. The van der Waals surface area contributed by atoms with Gasteiger partial charge in [-0.2, -0.15) is 4.98 Å². The van der Waals surface area contributed by atoms with E-state index in [0.717, 1.165) is 0 Å². The van der Waals surface area contributed by atoms with Gasteiger partial charge in [0, 0.05) is 11.4 Å². The van der Waals surface area contributed by atoms with Gasteiger partial charge in [-0.05, 0) is 19.9 Å². The predicted molar refractivity (Wildman–Crippen MR) is 50.3 cm³/mol. The van der Waals surface area contributed by atoms with E-state index in [1.54, 1.807) is 19.9 Å². The fourth-order valence-corrected chi connectivity index (χ4v) is 1.16. The van der Waals surface area contributed by atoms with Crippen LogP contribution >= 0.6 is 0 Å². The average Bonchev–Trinajstić information content (AvgIpc) is 2.10. The minimum absolute atomic E-state index is 0.103. The summed E-state index contributed by atoms with van der Waals surface area (Å²) in [7, 11) is 0. The molecule has 0 aliphatic rings. The summed E-state index contributed by atoms with van der Waals surface area (Å²) in [6, 6.07) is 1.73. The van der Waals surface area contributed by atoms with Gasteiger partial charge in [0.15, 0.2) is 0 Å². The zero-order chi connectivity index (χ0) is 10.7. The molecule has 3 N–H and O–H groups in total. The molecule has 0 bridgehead atoms. The van der Waals surface area contributed by atoms with Crippen LogP contribution in [0.2, 0.25) is 0 Å². The number of hydrogen-bond donors (Lipinski definition) is 2. The Bertz CT molecular complexity index is 410. The van der Waals surface area contributed by atoms with Crippen molar-refractivity contribution in [3.05, 3.63) is 27.9 Å². The van der Waals surface area contributed by atoms with E-state index in [1.165, 1.54) is 4.57 Å². The summed E-state index contributed by atoms with van der Waals surface area (Å²) in [5, 5.41) is 0. The number of aryl methyl sites for hydroxylation is 2. The number of rotatable bonds is 2. The highest BCUT2D eigenvalue weighted by Gasteiger charge is 2.06. The number of nitrogens with zero attached hydrogens (tertiary/aromatic N) is 2. The van der Waals surface area contributed by atoms with Crippen molar-refractivity contribution < 1.29 is 4.79 Å². The Morgan fingerprint density at radius 1 is 1.64 bits per heavy atom. The lowest BCUT2D eigenvalue weighted by Gasteiger charge is -2.07. The smallest absolute Gasteiger partial charge is 0.293 e. The fraction of sp³-hybridized carbons (Fsp3) is 0.375. The number of amides is 1. The minimum atomic E-state index is -0.439. The topological polar surface area (TPSA) is 90.0 Å². The number of hydrogen-bond acceptors (Lipinski definition) is 4. The molecule has 0 aliphatic heterocycles. The monoisotopic (exact) mass is 196 g/mol. The van der Waals surface area contributed by atoms with Crippen LogP contribution in [0.3, 0.4) is 0 Å². The zero-order valence-corrected chi connectivity index (χ0v) is 8.07. The van der Waals surface area contributed by atoms with Crippen molar-refractivity contribution in [3.63, 3.8) is 0 Å². The Labute approximate surface area is 80.7 Å². The number of nitrogens with one attached hydrogen (secondary N) is 1. The molecule has 76 valence electrons. The predicted octanol–water partition coefficient (Wildman–Crippen LogP) is -1.15. The molecule has 0 fully saturated rings. The molecule has 1 aromatic rings. The van der Waals surface area contributed by atoms with Crippen LogP contribution in [0.5, 0.6) is 0 Å². The minimum Gasteiger partial charge on any atom is -0.293 e. The molecule has 0 aromatic carbocycles. The van der Waals surface area contributed by atoms with Gasteiger partial charge in [-0.1, -0.05) is 0 Å². The van der Waals surface area contributed by atoms with Crippen LogP contribution in [-0.4, -0.2) is 15.5 Å². The largest absolute Gasteiger partial charge is 0.348 e. The van der Waals surface area contributed by atoms with E-state index in [2.05, 4.69) is 4.98 Å². The quantitative estimate of drug-likeness (QED) is 0.355. The Balaban J connectivity index is 3.09. The van der Waals surface area contributed by atoms with Crippen LogP contribution < -0.4 is 17.0 Å². The first-order valence-corrected chi connectivity index (χ1v) is 4.09. The maximum absolute atomic E-state index is 11.3. The lowest BCUT2D eigenvalue weighted by atomic mass is 10.3. The summed E-state index contributed by atoms with van der Waals surface area (Å²) in [6.07, 6.45) is 0. The summed E-state index contributed by atoms with van der Waals surface area (Å²) in [6.45, 7) is 3.36. The first-order chi connectivity index (χ1) is 6.54. The van der Waals surface area contributed by atoms with E-state index in [9.17, 15) is 9.59 Å². The molecule has 1 aromatic heterocycles. The first kappa shape index (κ1) is 10.4. The molecule has 0 radical (unpaired) electrons. The Morgan fingerprint density at radius 3 is 2.79 bits per heavy atom. The lowest BCUT2D eigenvalue weighted by molar-refractivity contribution is -0.121. The lowest BCUT2D eigenvalue weighted by Crippen LogP contribution is -2.37. The van der Waals surface area contributed by atoms with Gasteiger partial charge in [0.05, 0.1) is 0 Å². The fourth-order valence-electron chi connectivity index (χ4n) is 1.16. The molecule has 1 rings (SSSR count). The molecule has 6 nitrogen and oxygen atoms in total. The molecule has 0 saturated heterocycles. The summed E-state index contributed by atoms with van der Waals surface area (Å²) in [5.41, 5.74) is 2.84.